The lowest BCUT2D eigenvalue weighted by molar-refractivity contribution is -0.127. The lowest BCUT2D eigenvalue weighted by atomic mass is 10.2. The monoisotopic (exact) mass is 404 g/mol. The smallest absolute Gasteiger partial charge is 0.294 e. The number of methoxy groups -OCH3 is 1. The number of thioether (sulfide) groups is 1. The molecule has 1 heterocycles. The van der Waals surface area contributed by atoms with Crippen molar-refractivity contribution in [3.8, 4) is 5.75 Å². The van der Waals surface area contributed by atoms with Crippen LogP contribution in [0.15, 0.2) is 47.4 Å². The molecule has 9 heteroatoms. The van der Waals surface area contributed by atoms with Crippen molar-refractivity contribution in [2.24, 2.45) is 0 Å². The van der Waals surface area contributed by atoms with Crippen LogP contribution in [0.4, 0.5) is 19.3 Å². The number of carbonyl (C=O) groups excluding carboxylic acids is 3. The first kappa shape index (κ1) is 19.6. The van der Waals surface area contributed by atoms with Crippen molar-refractivity contribution < 1.29 is 27.9 Å². The van der Waals surface area contributed by atoms with E-state index in [1.165, 1.54) is 13.2 Å². The molecule has 0 saturated carbocycles. The molecule has 2 aromatic carbocycles. The highest BCUT2D eigenvalue weighted by Gasteiger charge is 2.36. The minimum Gasteiger partial charge on any atom is -0.497 e. The number of hydrogen-bond acceptors (Lipinski definition) is 5. The zero-order chi connectivity index (χ0) is 20.3. The number of carbonyl (C=O) groups is 3. The third kappa shape index (κ3) is 4.37. The Kier molecular flexibility index (Phi) is 5.74. The van der Waals surface area contributed by atoms with Gasteiger partial charge in [0.05, 0.1) is 17.7 Å². The maximum atomic E-state index is 13.6. The van der Waals surface area contributed by atoms with Crippen LogP contribution < -0.4 is 10.1 Å². The Bertz CT molecular complexity index is 994. The summed E-state index contributed by atoms with van der Waals surface area (Å²) in [5.74, 6) is -2.57. The summed E-state index contributed by atoms with van der Waals surface area (Å²) in [7, 11) is 1.51. The Morgan fingerprint density at radius 2 is 2.00 bits per heavy atom. The molecule has 1 N–H and O–H groups in total. The summed E-state index contributed by atoms with van der Waals surface area (Å²) in [5, 5.41) is 1.60. The van der Waals surface area contributed by atoms with Gasteiger partial charge in [-0.25, -0.2) is 8.78 Å². The van der Waals surface area contributed by atoms with Crippen LogP contribution in [0.1, 0.15) is 5.56 Å². The molecular formula is C19H14F2N2O4S. The van der Waals surface area contributed by atoms with Crippen LogP contribution in [0, 0.1) is 11.6 Å². The Hall–Kier alpha value is -3.20. The molecule has 0 atom stereocenters. The van der Waals surface area contributed by atoms with E-state index >= 15 is 0 Å². The van der Waals surface area contributed by atoms with E-state index in [1.807, 2.05) is 0 Å². The van der Waals surface area contributed by atoms with Gasteiger partial charge in [-0.05, 0) is 47.7 Å². The maximum Gasteiger partial charge on any atom is 0.294 e. The van der Waals surface area contributed by atoms with Crippen LogP contribution in [-0.4, -0.2) is 35.6 Å². The van der Waals surface area contributed by atoms with Gasteiger partial charge in [-0.3, -0.25) is 19.3 Å². The molecule has 2 aromatic rings. The Morgan fingerprint density at radius 1 is 1.21 bits per heavy atom. The number of amides is 3. The summed E-state index contributed by atoms with van der Waals surface area (Å²) in [4.78, 5) is 37.6. The van der Waals surface area contributed by atoms with Crippen molar-refractivity contribution in [3.63, 3.8) is 0 Å². The molecule has 1 fully saturated rings. The van der Waals surface area contributed by atoms with E-state index in [4.69, 9.17) is 4.74 Å². The fraction of sp³-hybridized carbons (Fsp3) is 0.105. The molecule has 3 rings (SSSR count). The van der Waals surface area contributed by atoms with Gasteiger partial charge in [0.2, 0.25) is 5.91 Å². The van der Waals surface area contributed by atoms with Gasteiger partial charge in [-0.1, -0.05) is 12.1 Å². The number of ether oxygens (including phenoxy) is 1. The number of anilines is 1. The summed E-state index contributed by atoms with van der Waals surface area (Å²) < 4.78 is 31.6. The van der Waals surface area contributed by atoms with E-state index < -0.39 is 35.2 Å². The normalized spacial score (nSPS) is 15.2. The summed E-state index contributed by atoms with van der Waals surface area (Å²) in [6.45, 7) is -0.586. The van der Waals surface area contributed by atoms with Gasteiger partial charge in [-0.15, -0.1) is 0 Å². The lowest BCUT2D eigenvalue weighted by Crippen LogP contribution is -2.36. The molecule has 0 aliphatic carbocycles. The highest BCUT2D eigenvalue weighted by atomic mass is 32.2. The molecule has 28 heavy (non-hydrogen) atoms. The third-order valence-electron chi connectivity index (χ3n) is 3.77. The van der Waals surface area contributed by atoms with E-state index in [0.29, 0.717) is 29.1 Å². The number of nitrogens with one attached hydrogen (secondary N) is 1. The lowest BCUT2D eigenvalue weighted by Gasteiger charge is -2.12. The largest absolute Gasteiger partial charge is 0.497 e. The number of rotatable bonds is 5. The number of imide groups is 1. The minimum atomic E-state index is -0.958. The van der Waals surface area contributed by atoms with Gasteiger partial charge >= 0.3 is 0 Å². The van der Waals surface area contributed by atoms with Crippen molar-refractivity contribution in [1.29, 1.82) is 0 Å². The number of halogens is 2. The van der Waals surface area contributed by atoms with Crippen LogP contribution >= 0.6 is 11.8 Å². The standard InChI is InChI=1S/C19H14F2N2O4S/c1-27-13-4-2-3-11(7-13)8-16-18(25)23(19(26)28-16)10-17(24)22-15-6-5-12(20)9-14(15)21/h2-9H,10H2,1H3,(H,22,24)/b16-8+. The van der Waals surface area contributed by atoms with Gasteiger partial charge in [0, 0.05) is 6.07 Å². The molecule has 3 amide bonds. The van der Waals surface area contributed by atoms with E-state index in [0.717, 1.165) is 17.0 Å². The number of hydrogen-bond donors (Lipinski definition) is 1. The van der Waals surface area contributed by atoms with Gasteiger partial charge < -0.3 is 10.1 Å². The van der Waals surface area contributed by atoms with Gasteiger partial charge in [0.15, 0.2) is 0 Å². The average Bonchev–Trinajstić information content (AvgIpc) is 2.91. The van der Waals surface area contributed by atoms with Gasteiger partial charge in [0.25, 0.3) is 11.1 Å². The molecule has 0 unspecified atom stereocenters. The summed E-state index contributed by atoms with van der Waals surface area (Å²) >= 11 is 0.698. The van der Waals surface area contributed by atoms with Crippen LogP contribution in [0.5, 0.6) is 5.75 Å². The quantitative estimate of drug-likeness (QED) is 0.770. The van der Waals surface area contributed by atoms with Crippen molar-refractivity contribution in [3.05, 3.63) is 64.6 Å². The first-order chi connectivity index (χ1) is 13.4. The van der Waals surface area contributed by atoms with Crippen molar-refractivity contribution in [1.82, 2.24) is 4.90 Å². The highest BCUT2D eigenvalue weighted by Crippen LogP contribution is 2.32. The minimum absolute atomic E-state index is 0.152. The number of benzene rings is 2. The average molecular weight is 404 g/mol. The summed E-state index contributed by atoms with van der Waals surface area (Å²) in [6, 6.07) is 9.56. The van der Waals surface area contributed by atoms with Crippen molar-refractivity contribution in [2.45, 2.75) is 0 Å². The second-order valence-electron chi connectivity index (χ2n) is 5.72. The van der Waals surface area contributed by atoms with Gasteiger partial charge in [-0.2, -0.15) is 0 Å². The molecule has 0 bridgehead atoms. The molecule has 1 aliphatic heterocycles. The summed E-state index contributed by atoms with van der Waals surface area (Å²) in [6.07, 6.45) is 1.52. The SMILES string of the molecule is COc1cccc(/C=C2/SC(=O)N(CC(=O)Nc3ccc(F)cc3F)C2=O)c1. The predicted molar refractivity (Wildman–Crippen MR) is 101 cm³/mol. The van der Waals surface area contributed by atoms with Crippen molar-refractivity contribution >= 4 is 40.6 Å². The van der Waals surface area contributed by atoms with Gasteiger partial charge in [0.1, 0.15) is 23.9 Å². The maximum absolute atomic E-state index is 13.6. The molecule has 0 radical (unpaired) electrons. The summed E-state index contributed by atoms with van der Waals surface area (Å²) in [5.41, 5.74) is 0.410. The number of nitrogens with zero attached hydrogens (tertiary/aromatic N) is 1. The van der Waals surface area contributed by atoms with Crippen LogP contribution in [0.2, 0.25) is 0 Å². The highest BCUT2D eigenvalue weighted by molar-refractivity contribution is 8.18. The fourth-order valence-corrected chi connectivity index (χ4v) is 3.28. The predicted octanol–water partition coefficient (Wildman–Crippen LogP) is 3.65. The second-order valence-corrected chi connectivity index (χ2v) is 6.71. The van der Waals surface area contributed by atoms with Crippen LogP contribution in [0.3, 0.4) is 0 Å². The fourth-order valence-electron chi connectivity index (χ4n) is 2.44. The molecule has 0 spiro atoms. The van der Waals surface area contributed by atoms with E-state index in [1.54, 1.807) is 24.3 Å². The van der Waals surface area contributed by atoms with Crippen LogP contribution in [-0.2, 0) is 9.59 Å². The second kappa shape index (κ2) is 8.22. The van der Waals surface area contributed by atoms with E-state index in [9.17, 15) is 23.2 Å². The van der Waals surface area contributed by atoms with E-state index in [-0.39, 0.29) is 10.6 Å². The third-order valence-corrected chi connectivity index (χ3v) is 4.68. The Morgan fingerprint density at radius 3 is 2.71 bits per heavy atom. The molecule has 0 aromatic heterocycles. The zero-order valence-corrected chi connectivity index (χ0v) is 15.4. The zero-order valence-electron chi connectivity index (χ0n) is 14.6. The van der Waals surface area contributed by atoms with E-state index in [2.05, 4.69) is 5.32 Å². The first-order valence-electron chi connectivity index (χ1n) is 8.01. The molecule has 6 nitrogen and oxygen atoms in total. The Labute approximate surface area is 163 Å². The topological polar surface area (TPSA) is 75.7 Å². The molecular weight excluding hydrogens is 390 g/mol. The molecule has 1 saturated heterocycles. The van der Waals surface area contributed by atoms with Crippen LogP contribution in [0.25, 0.3) is 6.08 Å². The van der Waals surface area contributed by atoms with Crippen molar-refractivity contribution in [2.75, 3.05) is 19.0 Å². The molecule has 144 valence electrons. The molecule has 1 aliphatic rings. The Balaban J connectivity index is 1.71. The first-order valence-corrected chi connectivity index (χ1v) is 8.83.